The van der Waals surface area contributed by atoms with Gasteiger partial charge in [-0.25, -0.2) is 0 Å². The van der Waals surface area contributed by atoms with E-state index in [1.807, 2.05) is 12.1 Å². The molecule has 16 heavy (non-hydrogen) atoms. The molecule has 2 rings (SSSR count). The van der Waals surface area contributed by atoms with Crippen molar-refractivity contribution in [2.45, 2.75) is 18.9 Å². The van der Waals surface area contributed by atoms with Crippen LogP contribution in [0.4, 0.5) is 0 Å². The predicted octanol–water partition coefficient (Wildman–Crippen LogP) is 1.62. The molecule has 0 spiro atoms. The van der Waals surface area contributed by atoms with Gasteiger partial charge in [0.15, 0.2) is 0 Å². The summed E-state index contributed by atoms with van der Waals surface area (Å²) in [6.45, 7) is 2.67. The van der Waals surface area contributed by atoms with Crippen molar-refractivity contribution in [3.05, 3.63) is 29.8 Å². The molecule has 0 amide bonds. The van der Waals surface area contributed by atoms with Crippen molar-refractivity contribution in [2.24, 2.45) is 0 Å². The number of para-hydroxylation sites is 1. The smallest absolute Gasteiger partial charge is 0.123 e. The van der Waals surface area contributed by atoms with Crippen LogP contribution in [0.5, 0.6) is 5.75 Å². The van der Waals surface area contributed by atoms with Crippen molar-refractivity contribution in [1.29, 1.82) is 0 Å². The van der Waals surface area contributed by atoms with Crippen LogP contribution in [0.2, 0.25) is 0 Å². The largest absolute Gasteiger partial charge is 0.490 e. The van der Waals surface area contributed by atoms with Crippen LogP contribution < -0.4 is 10.1 Å². The lowest BCUT2D eigenvalue weighted by atomic mass is 10.1. The molecule has 1 atom stereocenters. The first-order valence-corrected chi connectivity index (χ1v) is 5.84. The summed E-state index contributed by atoms with van der Waals surface area (Å²) in [4.78, 5) is 0. The first-order valence-electron chi connectivity index (χ1n) is 5.84. The van der Waals surface area contributed by atoms with E-state index in [4.69, 9.17) is 9.47 Å². The molecule has 0 saturated heterocycles. The van der Waals surface area contributed by atoms with Crippen molar-refractivity contribution in [1.82, 2.24) is 5.32 Å². The Morgan fingerprint density at radius 1 is 1.38 bits per heavy atom. The number of ether oxygens (including phenoxy) is 2. The van der Waals surface area contributed by atoms with E-state index in [0.717, 1.165) is 38.3 Å². The van der Waals surface area contributed by atoms with E-state index in [1.54, 1.807) is 7.11 Å². The maximum atomic E-state index is 5.84. The number of hydrogen-bond acceptors (Lipinski definition) is 3. The molecule has 0 aromatic heterocycles. The Labute approximate surface area is 96.8 Å². The summed E-state index contributed by atoms with van der Waals surface area (Å²) in [6, 6.07) is 8.29. The Balaban J connectivity index is 1.67. The highest BCUT2D eigenvalue weighted by molar-refractivity contribution is 5.37. The van der Waals surface area contributed by atoms with Gasteiger partial charge < -0.3 is 14.8 Å². The second kappa shape index (κ2) is 5.87. The van der Waals surface area contributed by atoms with Gasteiger partial charge in [0.1, 0.15) is 11.9 Å². The first-order chi connectivity index (χ1) is 7.90. The lowest BCUT2D eigenvalue weighted by Gasteiger charge is -2.10. The SMILES string of the molecule is COCCNCCC1Cc2ccccc2O1. The minimum atomic E-state index is 0.340. The van der Waals surface area contributed by atoms with Crippen LogP contribution in [0.15, 0.2) is 24.3 Å². The summed E-state index contributed by atoms with van der Waals surface area (Å²) in [6.07, 6.45) is 2.44. The van der Waals surface area contributed by atoms with E-state index in [1.165, 1.54) is 5.56 Å². The molecule has 0 saturated carbocycles. The van der Waals surface area contributed by atoms with E-state index in [-0.39, 0.29) is 0 Å². The maximum Gasteiger partial charge on any atom is 0.123 e. The Bertz CT molecular complexity index is 302. The molecule has 1 unspecified atom stereocenters. The quantitative estimate of drug-likeness (QED) is 0.740. The van der Waals surface area contributed by atoms with Crippen LogP contribution in [0, 0.1) is 0 Å². The minimum absolute atomic E-state index is 0.340. The number of fused-ring (bicyclic) bond motifs is 1. The van der Waals surface area contributed by atoms with Gasteiger partial charge >= 0.3 is 0 Å². The average molecular weight is 221 g/mol. The van der Waals surface area contributed by atoms with Gasteiger partial charge in [0, 0.05) is 20.1 Å². The van der Waals surface area contributed by atoms with Gasteiger partial charge in [-0.15, -0.1) is 0 Å². The van der Waals surface area contributed by atoms with Crippen LogP contribution in [0.1, 0.15) is 12.0 Å². The summed E-state index contributed by atoms with van der Waals surface area (Å²) in [5, 5.41) is 3.33. The zero-order chi connectivity index (χ0) is 11.2. The summed E-state index contributed by atoms with van der Waals surface area (Å²) in [5.41, 5.74) is 1.34. The molecule has 1 aliphatic heterocycles. The third-order valence-electron chi connectivity index (χ3n) is 2.84. The standard InChI is InChI=1S/C13H19NO2/c1-15-9-8-14-7-6-12-10-11-4-2-3-5-13(11)16-12/h2-5,12,14H,6-10H2,1H3. The average Bonchev–Trinajstić information content (AvgIpc) is 2.71. The van der Waals surface area contributed by atoms with Gasteiger partial charge in [-0.05, 0) is 24.6 Å². The van der Waals surface area contributed by atoms with E-state index < -0.39 is 0 Å². The predicted molar refractivity (Wildman–Crippen MR) is 63.9 cm³/mol. The third-order valence-corrected chi connectivity index (χ3v) is 2.84. The van der Waals surface area contributed by atoms with Crippen LogP contribution in [0.3, 0.4) is 0 Å². The Hall–Kier alpha value is -1.06. The second-order valence-electron chi connectivity index (χ2n) is 4.08. The van der Waals surface area contributed by atoms with E-state index in [2.05, 4.69) is 17.4 Å². The van der Waals surface area contributed by atoms with Crippen LogP contribution in [0.25, 0.3) is 0 Å². The van der Waals surface area contributed by atoms with Crippen molar-refractivity contribution in [3.63, 3.8) is 0 Å². The van der Waals surface area contributed by atoms with Gasteiger partial charge in [-0.1, -0.05) is 18.2 Å². The Kier molecular flexibility index (Phi) is 4.19. The number of nitrogens with one attached hydrogen (secondary N) is 1. The van der Waals surface area contributed by atoms with Gasteiger partial charge in [0.2, 0.25) is 0 Å². The fourth-order valence-electron chi connectivity index (χ4n) is 1.98. The monoisotopic (exact) mass is 221 g/mol. The number of benzene rings is 1. The summed E-state index contributed by atoms with van der Waals surface area (Å²) >= 11 is 0. The highest BCUT2D eigenvalue weighted by atomic mass is 16.5. The lowest BCUT2D eigenvalue weighted by Crippen LogP contribution is -2.25. The molecular weight excluding hydrogens is 202 g/mol. The van der Waals surface area contributed by atoms with Gasteiger partial charge in [0.25, 0.3) is 0 Å². The highest BCUT2D eigenvalue weighted by Crippen LogP contribution is 2.29. The van der Waals surface area contributed by atoms with E-state index >= 15 is 0 Å². The van der Waals surface area contributed by atoms with Gasteiger partial charge in [0.05, 0.1) is 6.61 Å². The Morgan fingerprint density at radius 2 is 2.25 bits per heavy atom. The van der Waals surface area contributed by atoms with E-state index in [0.29, 0.717) is 6.10 Å². The molecule has 0 aliphatic carbocycles. The van der Waals surface area contributed by atoms with Crippen LogP contribution in [-0.2, 0) is 11.2 Å². The molecule has 1 N–H and O–H groups in total. The molecule has 88 valence electrons. The normalized spacial score (nSPS) is 18.2. The Morgan fingerprint density at radius 3 is 3.06 bits per heavy atom. The third kappa shape index (κ3) is 2.97. The van der Waals surface area contributed by atoms with Crippen molar-refractivity contribution < 1.29 is 9.47 Å². The summed E-state index contributed by atoms with van der Waals surface area (Å²) in [5.74, 6) is 1.06. The molecule has 3 nitrogen and oxygen atoms in total. The van der Waals surface area contributed by atoms with Crippen LogP contribution in [-0.4, -0.2) is 32.9 Å². The number of hydrogen-bond donors (Lipinski definition) is 1. The second-order valence-corrected chi connectivity index (χ2v) is 4.08. The summed E-state index contributed by atoms with van der Waals surface area (Å²) in [7, 11) is 1.72. The molecule has 1 heterocycles. The molecular formula is C13H19NO2. The topological polar surface area (TPSA) is 30.5 Å². The number of methoxy groups -OCH3 is 1. The number of rotatable bonds is 6. The lowest BCUT2D eigenvalue weighted by molar-refractivity contribution is 0.192. The first kappa shape index (κ1) is 11.4. The zero-order valence-electron chi connectivity index (χ0n) is 9.74. The molecule has 1 aliphatic rings. The minimum Gasteiger partial charge on any atom is -0.490 e. The molecule has 0 bridgehead atoms. The fourth-order valence-corrected chi connectivity index (χ4v) is 1.98. The fraction of sp³-hybridized carbons (Fsp3) is 0.538. The van der Waals surface area contributed by atoms with Crippen molar-refractivity contribution in [3.8, 4) is 5.75 Å². The van der Waals surface area contributed by atoms with Gasteiger partial charge in [-0.2, -0.15) is 0 Å². The molecule has 0 fully saturated rings. The highest BCUT2D eigenvalue weighted by Gasteiger charge is 2.21. The van der Waals surface area contributed by atoms with Crippen molar-refractivity contribution >= 4 is 0 Å². The van der Waals surface area contributed by atoms with E-state index in [9.17, 15) is 0 Å². The molecule has 3 heteroatoms. The van der Waals surface area contributed by atoms with Gasteiger partial charge in [-0.3, -0.25) is 0 Å². The molecule has 1 aromatic carbocycles. The van der Waals surface area contributed by atoms with Crippen LogP contribution >= 0.6 is 0 Å². The molecule has 1 aromatic rings. The summed E-state index contributed by atoms with van der Waals surface area (Å²) < 4.78 is 10.8. The molecule has 0 radical (unpaired) electrons. The van der Waals surface area contributed by atoms with Crippen molar-refractivity contribution in [2.75, 3.05) is 26.8 Å². The zero-order valence-corrected chi connectivity index (χ0v) is 9.74. The maximum absolute atomic E-state index is 5.84.